The molecule has 0 aliphatic carbocycles. The summed E-state index contributed by atoms with van der Waals surface area (Å²) in [5.41, 5.74) is 0.633. The van der Waals surface area contributed by atoms with Crippen LogP contribution in [0.15, 0.2) is 4.99 Å². The Morgan fingerprint density at radius 2 is 2.05 bits per heavy atom. The van der Waals surface area contributed by atoms with Gasteiger partial charge in [0, 0.05) is 26.6 Å². The van der Waals surface area contributed by atoms with E-state index in [0.29, 0.717) is 12.1 Å². The van der Waals surface area contributed by atoms with Crippen molar-refractivity contribution < 1.29 is 19.1 Å². The van der Waals surface area contributed by atoms with Crippen molar-refractivity contribution in [2.45, 2.75) is 33.5 Å². The van der Waals surface area contributed by atoms with Crippen molar-refractivity contribution in [3.63, 3.8) is 0 Å². The minimum Gasteiger partial charge on any atom is -0.466 e. The van der Waals surface area contributed by atoms with Crippen molar-refractivity contribution >= 4 is 23.5 Å². The van der Waals surface area contributed by atoms with Crippen molar-refractivity contribution in [1.29, 1.82) is 0 Å². The maximum atomic E-state index is 12.2. The largest absolute Gasteiger partial charge is 0.466 e. The van der Waals surface area contributed by atoms with Gasteiger partial charge in [0.15, 0.2) is 0 Å². The predicted molar refractivity (Wildman–Crippen MR) is 68.2 cm³/mol. The third-order valence-electron chi connectivity index (χ3n) is 2.89. The molecule has 106 valence electrons. The van der Waals surface area contributed by atoms with Gasteiger partial charge in [0.05, 0.1) is 12.5 Å². The second-order valence-electron chi connectivity index (χ2n) is 4.48. The molecule has 1 aliphatic rings. The van der Waals surface area contributed by atoms with Gasteiger partial charge < -0.3 is 15.0 Å². The molecule has 0 saturated heterocycles. The van der Waals surface area contributed by atoms with Crippen LogP contribution in [0, 0.1) is 5.92 Å². The first kappa shape index (κ1) is 15.1. The number of rotatable bonds is 4. The highest BCUT2D eigenvalue weighted by Gasteiger charge is 2.33. The monoisotopic (exact) mass is 269 g/mol. The minimum atomic E-state index is -0.657. The number of aliphatic imine (C=N–C) groups is 1. The van der Waals surface area contributed by atoms with Crippen molar-refractivity contribution in [3.8, 4) is 0 Å². The van der Waals surface area contributed by atoms with Crippen molar-refractivity contribution in [2.24, 2.45) is 10.9 Å². The maximum Gasteiger partial charge on any atom is 0.302 e. The van der Waals surface area contributed by atoms with Gasteiger partial charge in [0.1, 0.15) is 0 Å². The predicted octanol–water partition coefficient (Wildman–Crippen LogP) is -0.0916. The van der Waals surface area contributed by atoms with Gasteiger partial charge >= 0.3 is 5.97 Å². The molecule has 7 heteroatoms. The first-order valence-electron chi connectivity index (χ1n) is 6.04. The van der Waals surface area contributed by atoms with E-state index in [1.807, 2.05) is 0 Å². The second kappa shape index (κ2) is 6.31. The Kier molecular flexibility index (Phi) is 5.02. The highest BCUT2D eigenvalue weighted by Crippen LogP contribution is 2.18. The fourth-order valence-electron chi connectivity index (χ4n) is 1.88. The lowest BCUT2D eigenvalue weighted by atomic mass is 9.97. The van der Waals surface area contributed by atoms with E-state index in [0.717, 1.165) is 0 Å². The smallest absolute Gasteiger partial charge is 0.302 e. The van der Waals surface area contributed by atoms with E-state index >= 15 is 0 Å². The van der Waals surface area contributed by atoms with Crippen molar-refractivity contribution in [1.82, 2.24) is 10.2 Å². The van der Waals surface area contributed by atoms with Crippen LogP contribution >= 0.6 is 0 Å². The van der Waals surface area contributed by atoms with Gasteiger partial charge in [-0.05, 0) is 13.3 Å². The third kappa shape index (κ3) is 4.04. The van der Waals surface area contributed by atoms with Crippen LogP contribution in [0.4, 0.5) is 0 Å². The molecule has 0 aromatic carbocycles. The molecular weight excluding hydrogens is 250 g/mol. The Morgan fingerprint density at radius 3 is 2.58 bits per heavy atom. The van der Waals surface area contributed by atoms with Crippen LogP contribution in [-0.4, -0.2) is 48.3 Å². The topological polar surface area (TPSA) is 88.1 Å². The van der Waals surface area contributed by atoms with Gasteiger partial charge in [0.2, 0.25) is 18.1 Å². The minimum absolute atomic E-state index is 0.140. The van der Waals surface area contributed by atoms with E-state index < -0.39 is 12.2 Å². The number of esters is 1. The van der Waals surface area contributed by atoms with Crippen LogP contribution in [0.3, 0.4) is 0 Å². The Hall–Kier alpha value is -1.92. The van der Waals surface area contributed by atoms with Gasteiger partial charge in [-0.2, -0.15) is 0 Å². The normalized spacial score (nSPS) is 22.8. The van der Waals surface area contributed by atoms with Crippen LogP contribution in [0.25, 0.3) is 0 Å². The van der Waals surface area contributed by atoms with E-state index in [1.165, 1.54) is 18.7 Å². The summed E-state index contributed by atoms with van der Waals surface area (Å²) in [6, 6.07) is 0. The van der Waals surface area contributed by atoms with Crippen LogP contribution < -0.4 is 5.32 Å². The number of carbonyl (C=O) groups is 3. The Bertz CT molecular complexity index is 419. The van der Waals surface area contributed by atoms with E-state index in [9.17, 15) is 14.4 Å². The fourth-order valence-corrected chi connectivity index (χ4v) is 1.88. The van der Waals surface area contributed by atoms with Crippen LogP contribution in [-0.2, 0) is 19.1 Å². The van der Waals surface area contributed by atoms with E-state index in [-0.39, 0.29) is 24.4 Å². The first-order chi connectivity index (χ1) is 8.82. The van der Waals surface area contributed by atoms with E-state index in [1.54, 1.807) is 14.0 Å². The van der Waals surface area contributed by atoms with Gasteiger partial charge in [-0.1, -0.05) is 0 Å². The zero-order valence-electron chi connectivity index (χ0n) is 11.6. The van der Waals surface area contributed by atoms with E-state index in [2.05, 4.69) is 10.3 Å². The average Bonchev–Trinajstić information content (AvgIpc) is 2.29. The highest BCUT2D eigenvalue weighted by atomic mass is 16.5. The summed E-state index contributed by atoms with van der Waals surface area (Å²) in [4.78, 5) is 39.5. The van der Waals surface area contributed by atoms with Gasteiger partial charge in [-0.15, -0.1) is 0 Å². The number of hydrogen-bond acceptors (Lipinski definition) is 5. The highest BCUT2D eigenvalue weighted by molar-refractivity contribution is 6.04. The summed E-state index contributed by atoms with van der Waals surface area (Å²) in [6.45, 7) is 4.61. The van der Waals surface area contributed by atoms with Crippen molar-refractivity contribution in [2.75, 3.05) is 13.7 Å². The molecule has 0 saturated carbocycles. The summed E-state index contributed by atoms with van der Waals surface area (Å²) in [6.07, 6.45) is -0.264. The van der Waals surface area contributed by atoms with Gasteiger partial charge in [0.25, 0.3) is 0 Å². The number of nitrogens with zero attached hydrogens (tertiary/aromatic N) is 2. The molecule has 1 rings (SSSR count). The van der Waals surface area contributed by atoms with E-state index in [4.69, 9.17) is 4.74 Å². The quantitative estimate of drug-likeness (QED) is 0.722. The number of ether oxygens (including phenoxy) is 1. The molecule has 0 spiro atoms. The molecule has 0 aromatic rings. The van der Waals surface area contributed by atoms with Crippen LogP contribution in [0.1, 0.15) is 27.2 Å². The summed E-state index contributed by atoms with van der Waals surface area (Å²) < 4.78 is 4.83. The molecule has 0 radical (unpaired) electrons. The fraction of sp³-hybridized carbons (Fsp3) is 0.667. The summed E-state index contributed by atoms with van der Waals surface area (Å²) in [5, 5.41) is 2.58. The lowest BCUT2D eigenvalue weighted by Crippen LogP contribution is -2.54. The molecule has 7 nitrogen and oxygen atoms in total. The molecule has 19 heavy (non-hydrogen) atoms. The number of hydrogen-bond donors (Lipinski definition) is 1. The second-order valence-corrected chi connectivity index (χ2v) is 4.48. The van der Waals surface area contributed by atoms with Crippen LogP contribution in [0.2, 0.25) is 0 Å². The van der Waals surface area contributed by atoms with Crippen molar-refractivity contribution in [3.05, 3.63) is 0 Å². The molecule has 1 aliphatic heterocycles. The molecule has 1 heterocycles. The lowest BCUT2D eigenvalue weighted by Gasteiger charge is -2.34. The number of amides is 2. The molecule has 0 fully saturated rings. The first-order valence-corrected chi connectivity index (χ1v) is 6.04. The molecule has 1 N–H and O–H groups in total. The average molecular weight is 269 g/mol. The third-order valence-corrected chi connectivity index (χ3v) is 2.89. The molecule has 2 unspecified atom stereocenters. The SMILES string of the molecule is CC(=O)NC1N=C(C)C(CCOC(C)=O)C(=O)N1C. The Balaban J connectivity index is 2.72. The summed E-state index contributed by atoms with van der Waals surface area (Å²) in [5.74, 6) is -1.17. The Morgan fingerprint density at radius 1 is 1.42 bits per heavy atom. The standard InChI is InChI=1S/C12H19N3O4/c1-7-10(5-6-19-9(3)17)11(18)15(4)12(13-7)14-8(2)16/h10,12H,5-6H2,1-4H3,(H,14,16). The molecule has 0 bridgehead atoms. The lowest BCUT2D eigenvalue weighted by molar-refractivity contribution is -0.143. The molecular formula is C12H19N3O4. The zero-order chi connectivity index (χ0) is 14.6. The summed E-state index contributed by atoms with van der Waals surface area (Å²) >= 11 is 0. The number of carbonyl (C=O) groups excluding carboxylic acids is 3. The van der Waals surface area contributed by atoms with Crippen LogP contribution in [0.5, 0.6) is 0 Å². The zero-order valence-corrected chi connectivity index (χ0v) is 11.6. The van der Waals surface area contributed by atoms with Gasteiger partial charge in [-0.3, -0.25) is 14.4 Å². The molecule has 2 atom stereocenters. The summed E-state index contributed by atoms with van der Waals surface area (Å²) in [7, 11) is 1.58. The Labute approximate surface area is 112 Å². The number of nitrogens with one attached hydrogen (secondary N) is 1. The maximum absolute atomic E-state index is 12.2. The molecule has 0 aromatic heterocycles. The van der Waals surface area contributed by atoms with Gasteiger partial charge in [-0.25, -0.2) is 4.99 Å². The molecule has 2 amide bonds.